The molecule has 114 valence electrons. The summed E-state index contributed by atoms with van der Waals surface area (Å²) in [5.41, 5.74) is 6.83. The van der Waals surface area contributed by atoms with Crippen LogP contribution in [0.5, 0.6) is 0 Å². The first kappa shape index (κ1) is 15.4. The molecule has 5 heteroatoms. The van der Waals surface area contributed by atoms with Crippen LogP contribution in [-0.2, 0) is 0 Å². The number of benzene rings is 1. The minimum Gasteiger partial charge on any atom is -0.451 e. The van der Waals surface area contributed by atoms with Gasteiger partial charge in [-0.25, -0.2) is 0 Å². The van der Waals surface area contributed by atoms with Crippen molar-refractivity contribution in [3.63, 3.8) is 0 Å². The molecule has 0 spiro atoms. The van der Waals surface area contributed by atoms with Gasteiger partial charge in [-0.15, -0.1) is 0 Å². The average Bonchev–Trinajstić information content (AvgIpc) is 2.80. The third kappa shape index (κ3) is 3.55. The predicted octanol–water partition coefficient (Wildman–Crippen LogP) is 2.54. The SMILES string of the molecule is CC(C)(C)C(CCO)NC(=O)c1cc2cc(N)ccc2o1. The summed E-state index contributed by atoms with van der Waals surface area (Å²) < 4.78 is 5.55. The number of nitrogens with one attached hydrogen (secondary N) is 1. The van der Waals surface area contributed by atoms with Crippen molar-refractivity contribution in [2.24, 2.45) is 5.41 Å². The number of amides is 1. The molecule has 0 fully saturated rings. The number of furan rings is 1. The van der Waals surface area contributed by atoms with Gasteiger partial charge in [0.2, 0.25) is 0 Å². The Kier molecular flexibility index (Phi) is 4.23. The molecule has 2 aromatic rings. The molecule has 0 saturated heterocycles. The predicted molar refractivity (Wildman–Crippen MR) is 83.0 cm³/mol. The number of aliphatic hydroxyl groups excluding tert-OH is 1. The lowest BCUT2D eigenvalue weighted by Gasteiger charge is -2.30. The Bertz CT molecular complexity index is 640. The molecule has 0 aliphatic heterocycles. The van der Waals surface area contributed by atoms with Gasteiger partial charge in [0, 0.05) is 23.7 Å². The minimum atomic E-state index is -0.279. The Morgan fingerprint density at radius 2 is 2.10 bits per heavy atom. The maximum absolute atomic E-state index is 12.3. The van der Waals surface area contributed by atoms with E-state index in [-0.39, 0.29) is 29.7 Å². The molecule has 1 amide bonds. The molecular formula is C16H22N2O3. The summed E-state index contributed by atoms with van der Waals surface area (Å²) >= 11 is 0. The standard InChI is InChI=1S/C16H22N2O3/c1-16(2,3)14(6-7-19)18-15(20)13-9-10-8-11(17)4-5-12(10)21-13/h4-5,8-9,14,19H,6-7,17H2,1-3H3,(H,18,20). The third-order valence-electron chi connectivity index (χ3n) is 3.53. The van der Waals surface area contributed by atoms with Crippen molar-refractivity contribution in [1.82, 2.24) is 5.32 Å². The molecule has 0 bridgehead atoms. The van der Waals surface area contributed by atoms with Gasteiger partial charge in [-0.1, -0.05) is 20.8 Å². The zero-order valence-electron chi connectivity index (χ0n) is 12.6. The number of aliphatic hydroxyl groups is 1. The monoisotopic (exact) mass is 290 g/mol. The summed E-state index contributed by atoms with van der Waals surface area (Å²) in [5, 5.41) is 12.9. The summed E-state index contributed by atoms with van der Waals surface area (Å²) in [5.74, 6) is -0.0269. The van der Waals surface area contributed by atoms with Gasteiger partial charge in [-0.05, 0) is 36.1 Å². The second-order valence-electron chi connectivity index (χ2n) is 6.31. The van der Waals surface area contributed by atoms with E-state index in [1.165, 1.54) is 0 Å². The van der Waals surface area contributed by atoms with Crippen LogP contribution in [0.15, 0.2) is 28.7 Å². The number of nitrogens with two attached hydrogens (primary N) is 1. The van der Waals surface area contributed by atoms with E-state index < -0.39 is 0 Å². The van der Waals surface area contributed by atoms with Gasteiger partial charge in [0.15, 0.2) is 5.76 Å². The maximum Gasteiger partial charge on any atom is 0.287 e. The van der Waals surface area contributed by atoms with Crippen molar-refractivity contribution in [2.75, 3.05) is 12.3 Å². The fourth-order valence-corrected chi connectivity index (χ4v) is 2.25. The highest BCUT2D eigenvalue weighted by molar-refractivity contribution is 5.96. The van der Waals surface area contributed by atoms with Crippen LogP contribution in [0.3, 0.4) is 0 Å². The quantitative estimate of drug-likeness (QED) is 0.755. The molecular weight excluding hydrogens is 268 g/mol. The van der Waals surface area contributed by atoms with E-state index in [0.717, 1.165) is 5.39 Å². The maximum atomic E-state index is 12.3. The molecule has 1 unspecified atom stereocenters. The summed E-state index contributed by atoms with van der Waals surface area (Å²) in [6.07, 6.45) is 0.502. The smallest absolute Gasteiger partial charge is 0.287 e. The number of nitrogen functional groups attached to an aromatic ring is 1. The fourth-order valence-electron chi connectivity index (χ4n) is 2.25. The van der Waals surface area contributed by atoms with Crippen molar-refractivity contribution in [1.29, 1.82) is 0 Å². The number of carbonyl (C=O) groups is 1. The Hall–Kier alpha value is -2.01. The molecule has 1 aromatic heterocycles. The number of hydrogen-bond acceptors (Lipinski definition) is 4. The van der Waals surface area contributed by atoms with E-state index >= 15 is 0 Å². The van der Waals surface area contributed by atoms with Crippen LogP contribution >= 0.6 is 0 Å². The summed E-state index contributed by atoms with van der Waals surface area (Å²) in [7, 11) is 0. The summed E-state index contributed by atoms with van der Waals surface area (Å²) in [6.45, 7) is 6.09. The molecule has 1 atom stereocenters. The van der Waals surface area contributed by atoms with Crippen molar-refractivity contribution in [3.05, 3.63) is 30.0 Å². The number of anilines is 1. The topological polar surface area (TPSA) is 88.5 Å². The number of fused-ring (bicyclic) bond motifs is 1. The Morgan fingerprint density at radius 3 is 2.71 bits per heavy atom. The van der Waals surface area contributed by atoms with Crippen LogP contribution in [0.1, 0.15) is 37.7 Å². The van der Waals surface area contributed by atoms with Crippen LogP contribution < -0.4 is 11.1 Å². The molecule has 1 heterocycles. The lowest BCUT2D eigenvalue weighted by molar-refractivity contribution is 0.0859. The first-order chi connectivity index (χ1) is 9.81. The van der Waals surface area contributed by atoms with Crippen molar-refractivity contribution in [3.8, 4) is 0 Å². The molecule has 21 heavy (non-hydrogen) atoms. The minimum absolute atomic E-state index is 0.0267. The van der Waals surface area contributed by atoms with Crippen LogP contribution in [0, 0.1) is 5.41 Å². The fraction of sp³-hybridized carbons (Fsp3) is 0.438. The molecule has 0 aliphatic rings. The van der Waals surface area contributed by atoms with Gasteiger partial charge in [-0.3, -0.25) is 4.79 Å². The van der Waals surface area contributed by atoms with Crippen LogP contribution in [-0.4, -0.2) is 23.7 Å². The lowest BCUT2D eigenvalue weighted by Crippen LogP contribution is -2.44. The van der Waals surface area contributed by atoms with Gasteiger partial charge in [0.1, 0.15) is 5.58 Å². The number of rotatable bonds is 4. The molecule has 0 aliphatic carbocycles. The van der Waals surface area contributed by atoms with Gasteiger partial charge in [0.25, 0.3) is 5.91 Å². The van der Waals surface area contributed by atoms with E-state index in [0.29, 0.717) is 17.7 Å². The molecule has 2 rings (SSSR count). The zero-order valence-corrected chi connectivity index (χ0v) is 12.6. The van der Waals surface area contributed by atoms with E-state index in [9.17, 15) is 4.79 Å². The normalized spacial score (nSPS) is 13.3. The van der Waals surface area contributed by atoms with Crippen molar-refractivity contribution >= 4 is 22.6 Å². The second-order valence-corrected chi connectivity index (χ2v) is 6.31. The number of hydrogen-bond donors (Lipinski definition) is 3. The largest absolute Gasteiger partial charge is 0.451 e. The van der Waals surface area contributed by atoms with Crippen molar-refractivity contribution < 1.29 is 14.3 Å². The average molecular weight is 290 g/mol. The van der Waals surface area contributed by atoms with Gasteiger partial charge in [-0.2, -0.15) is 0 Å². The van der Waals surface area contributed by atoms with E-state index in [2.05, 4.69) is 5.32 Å². The highest BCUT2D eigenvalue weighted by Crippen LogP contribution is 2.24. The van der Waals surface area contributed by atoms with Crippen LogP contribution in [0.4, 0.5) is 5.69 Å². The van der Waals surface area contributed by atoms with E-state index in [1.807, 2.05) is 20.8 Å². The molecule has 0 radical (unpaired) electrons. The molecule has 5 nitrogen and oxygen atoms in total. The first-order valence-corrected chi connectivity index (χ1v) is 7.02. The zero-order chi connectivity index (χ0) is 15.6. The Balaban J connectivity index is 2.21. The number of carbonyl (C=O) groups excluding carboxylic acids is 1. The van der Waals surface area contributed by atoms with E-state index in [1.54, 1.807) is 24.3 Å². The molecule has 4 N–H and O–H groups in total. The first-order valence-electron chi connectivity index (χ1n) is 7.02. The van der Waals surface area contributed by atoms with Crippen LogP contribution in [0.25, 0.3) is 11.0 Å². The lowest BCUT2D eigenvalue weighted by atomic mass is 9.85. The highest BCUT2D eigenvalue weighted by atomic mass is 16.3. The summed E-state index contributed by atoms with van der Waals surface area (Å²) in [6, 6.07) is 6.80. The van der Waals surface area contributed by atoms with Gasteiger partial charge in [0.05, 0.1) is 0 Å². The molecule has 0 saturated carbocycles. The van der Waals surface area contributed by atoms with Gasteiger partial charge >= 0.3 is 0 Å². The second kappa shape index (κ2) is 5.77. The third-order valence-corrected chi connectivity index (χ3v) is 3.53. The van der Waals surface area contributed by atoms with Crippen LogP contribution in [0.2, 0.25) is 0 Å². The van der Waals surface area contributed by atoms with Crippen molar-refractivity contribution in [2.45, 2.75) is 33.2 Å². The Morgan fingerprint density at radius 1 is 1.38 bits per heavy atom. The highest BCUT2D eigenvalue weighted by Gasteiger charge is 2.27. The van der Waals surface area contributed by atoms with Gasteiger partial charge < -0.3 is 20.6 Å². The molecule has 1 aromatic carbocycles. The summed E-state index contributed by atoms with van der Waals surface area (Å²) in [4.78, 5) is 12.3. The Labute approximate surface area is 124 Å². The van der Waals surface area contributed by atoms with E-state index in [4.69, 9.17) is 15.3 Å².